The van der Waals surface area contributed by atoms with E-state index in [4.69, 9.17) is 5.73 Å². The number of nitrogens with two attached hydrogens (primary N) is 1. The fraction of sp³-hybridized carbons (Fsp3) is 0.182. The van der Waals surface area contributed by atoms with Crippen molar-refractivity contribution in [3.63, 3.8) is 0 Å². The molecular formula is C11H10BrFN2S. The zero-order valence-electron chi connectivity index (χ0n) is 8.36. The van der Waals surface area contributed by atoms with Crippen LogP contribution in [0, 0.1) is 5.82 Å². The first-order chi connectivity index (χ1) is 7.66. The van der Waals surface area contributed by atoms with Crippen molar-refractivity contribution < 1.29 is 4.39 Å². The van der Waals surface area contributed by atoms with E-state index in [0.29, 0.717) is 6.42 Å². The highest BCUT2D eigenvalue weighted by atomic mass is 79.9. The van der Waals surface area contributed by atoms with Crippen molar-refractivity contribution in [1.82, 2.24) is 4.98 Å². The maximum atomic E-state index is 13.0. The quantitative estimate of drug-likeness (QED) is 0.945. The number of halogens is 2. The minimum atomic E-state index is -0.349. The highest BCUT2D eigenvalue weighted by molar-refractivity contribution is 9.10. The Morgan fingerprint density at radius 2 is 2.31 bits per heavy atom. The van der Waals surface area contributed by atoms with E-state index in [1.165, 1.54) is 12.3 Å². The third-order valence-electron chi connectivity index (χ3n) is 2.25. The number of thiophene rings is 1. The van der Waals surface area contributed by atoms with Gasteiger partial charge in [-0.1, -0.05) is 0 Å². The van der Waals surface area contributed by atoms with Crippen molar-refractivity contribution in [1.29, 1.82) is 0 Å². The van der Waals surface area contributed by atoms with Crippen molar-refractivity contribution in [2.45, 2.75) is 12.5 Å². The van der Waals surface area contributed by atoms with Gasteiger partial charge in [-0.25, -0.2) is 4.39 Å². The van der Waals surface area contributed by atoms with Crippen LogP contribution in [0.1, 0.15) is 16.5 Å². The molecule has 16 heavy (non-hydrogen) atoms. The van der Waals surface area contributed by atoms with E-state index in [2.05, 4.69) is 20.9 Å². The smallest absolute Gasteiger partial charge is 0.141 e. The van der Waals surface area contributed by atoms with Crippen LogP contribution in [-0.4, -0.2) is 4.98 Å². The summed E-state index contributed by atoms with van der Waals surface area (Å²) in [7, 11) is 0. The Morgan fingerprint density at radius 1 is 1.50 bits per heavy atom. The van der Waals surface area contributed by atoms with E-state index in [9.17, 15) is 4.39 Å². The number of rotatable bonds is 3. The summed E-state index contributed by atoms with van der Waals surface area (Å²) in [6, 6.07) is 3.19. The van der Waals surface area contributed by atoms with Crippen LogP contribution >= 0.6 is 27.3 Å². The Labute approximate surface area is 105 Å². The molecule has 0 radical (unpaired) electrons. The van der Waals surface area contributed by atoms with Crippen molar-refractivity contribution in [2.24, 2.45) is 5.73 Å². The van der Waals surface area contributed by atoms with Gasteiger partial charge in [0.15, 0.2) is 0 Å². The van der Waals surface area contributed by atoms with Gasteiger partial charge < -0.3 is 5.73 Å². The molecule has 1 unspecified atom stereocenters. The molecule has 0 saturated heterocycles. The molecule has 5 heteroatoms. The Hall–Kier alpha value is -0.780. The first-order valence-corrected chi connectivity index (χ1v) is 6.42. The minimum absolute atomic E-state index is 0.224. The number of nitrogens with zero attached hydrogens (tertiary/aromatic N) is 1. The predicted molar refractivity (Wildman–Crippen MR) is 66.8 cm³/mol. The lowest BCUT2D eigenvalue weighted by molar-refractivity contribution is 0.611. The maximum Gasteiger partial charge on any atom is 0.141 e. The summed E-state index contributed by atoms with van der Waals surface area (Å²) in [5, 5.41) is 2.00. The molecule has 0 aromatic carbocycles. The molecule has 0 spiro atoms. The molecule has 2 rings (SSSR count). The number of hydrogen-bond acceptors (Lipinski definition) is 3. The number of hydrogen-bond donors (Lipinski definition) is 1. The van der Waals surface area contributed by atoms with Gasteiger partial charge in [0.05, 0.1) is 6.20 Å². The molecule has 0 aliphatic rings. The van der Waals surface area contributed by atoms with Crippen LogP contribution in [0.3, 0.4) is 0 Å². The lowest BCUT2D eigenvalue weighted by atomic mass is 10.1. The summed E-state index contributed by atoms with van der Waals surface area (Å²) < 4.78 is 14.0. The van der Waals surface area contributed by atoms with E-state index in [1.807, 2.05) is 11.4 Å². The largest absolute Gasteiger partial charge is 0.324 e. The third-order valence-corrected chi connectivity index (χ3v) is 4.20. The average Bonchev–Trinajstić information content (AvgIpc) is 2.64. The Bertz CT molecular complexity index is 486. The molecule has 0 bridgehead atoms. The van der Waals surface area contributed by atoms with Crippen LogP contribution in [0.2, 0.25) is 0 Å². The Morgan fingerprint density at radius 3 is 2.94 bits per heavy atom. The van der Waals surface area contributed by atoms with Crippen molar-refractivity contribution in [3.05, 3.63) is 50.6 Å². The first-order valence-electron chi connectivity index (χ1n) is 4.74. The van der Waals surface area contributed by atoms with Gasteiger partial charge in [-0.05, 0) is 39.0 Å². The summed E-state index contributed by atoms with van der Waals surface area (Å²) >= 11 is 5.08. The highest BCUT2D eigenvalue weighted by Gasteiger charge is 2.11. The second-order valence-electron chi connectivity index (χ2n) is 3.44. The fourth-order valence-electron chi connectivity index (χ4n) is 1.42. The molecule has 2 heterocycles. The van der Waals surface area contributed by atoms with Gasteiger partial charge in [0.2, 0.25) is 0 Å². The number of aromatic nitrogens is 1. The van der Waals surface area contributed by atoms with Crippen LogP contribution < -0.4 is 5.73 Å². The summed E-state index contributed by atoms with van der Waals surface area (Å²) in [5.41, 5.74) is 6.73. The molecule has 1 atom stereocenters. The average molecular weight is 301 g/mol. The SMILES string of the molecule is NC(Cc1sccc1Br)c1cncc(F)c1. The lowest BCUT2D eigenvalue weighted by Crippen LogP contribution is -2.13. The normalized spacial score (nSPS) is 12.7. The molecular weight excluding hydrogens is 291 g/mol. The molecule has 2 aromatic heterocycles. The molecule has 2 nitrogen and oxygen atoms in total. The number of pyridine rings is 1. The van der Waals surface area contributed by atoms with Gasteiger partial charge in [-0.15, -0.1) is 11.3 Å². The molecule has 0 saturated carbocycles. The summed E-state index contributed by atoms with van der Waals surface area (Å²) in [6.07, 6.45) is 3.47. The lowest BCUT2D eigenvalue weighted by Gasteiger charge is -2.10. The molecule has 0 fully saturated rings. The second kappa shape index (κ2) is 5.03. The molecule has 0 aliphatic carbocycles. The fourth-order valence-corrected chi connectivity index (χ4v) is 2.99. The van der Waals surface area contributed by atoms with Gasteiger partial charge in [-0.3, -0.25) is 4.98 Å². The molecule has 0 amide bonds. The van der Waals surface area contributed by atoms with E-state index < -0.39 is 0 Å². The van der Waals surface area contributed by atoms with Crippen molar-refractivity contribution >= 4 is 27.3 Å². The molecule has 0 aliphatic heterocycles. The standard InChI is InChI=1S/C11H10BrFN2S/c12-9-1-2-16-11(9)4-10(14)7-3-8(13)6-15-5-7/h1-3,5-6,10H,4,14H2. The van der Waals surface area contributed by atoms with E-state index in [1.54, 1.807) is 17.5 Å². The summed E-state index contributed by atoms with van der Waals surface area (Å²) in [4.78, 5) is 4.96. The predicted octanol–water partition coefficient (Wildman–Crippen LogP) is 3.29. The van der Waals surface area contributed by atoms with Crippen molar-refractivity contribution in [2.75, 3.05) is 0 Å². The minimum Gasteiger partial charge on any atom is -0.324 e. The molecule has 2 aromatic rings. The van der Waals surface area contributed by atoms with Gasteiger partial charge in [-0.2, -0.15) is 0 Å². The zero-order valence-corrected chi connectivity index (χ0v) is 10.8. The van der Waals surface area contributed by atoms with Gasteiger partial charge in [0.25, 0.3) is 0 Å². The molecule has 84 valence electrons. The van der Waals surface area contributed by atoms with Crippen LogP contribution in [0.15, 0.2) is 34.4 Å². The van der Waals surface area contributed by atoms with E-state index in [0.717, 1.165) is 14.9 Å². The Kier molecular flexibility index (Phi) is 3.68. The summed E-state index contributed by atoms with van der Waals surface area (Å²) in [5.74, 6) is -0.349. The van der Waals surface area contributed by atoms with Crippen LogP contribution in [-0.2, 0) is 6.42 Å². The van der Waals surface area contributed by atoms with Gasteiger partial charge in [0.1, 0.15) is 5.82 Å². The first kappa shape index (κ1) is 11.7. The van der Waals surface area contributed by atoms with Gasteiger partial charge in [0, 0.05) is 28.0 Å². The van der Waals surface area contributed by atoms with E-state index in [-0.39, 0.29) is 11.9 Å². The van der Waals surface area contributed by atoms with Crippen molar-refractivity contribution in [3.8, 4) is 0 Å². The van der Waals surface area contributed by atoms with Crippen LogP contribution in [0.4, 0.5) is 4.39 Å². The van der Waals surface area contributed by atoms with Crippen LogP contribution in [0.5, 0.6) is 0 Å². The summed E-state index contributed by atoms with van der Waals surface area (Å²) in [6.45, 7) is 0. The Balaban J connectivity index is 2.14. The molecule has 2 N–H and O–H groups in total. The maximum absolute atomic E-state index is 13.0. The second-order valence-corrected chi connectivity index (χ2v) is 5.29. The highest BCUT2D eigenvalue weighted by Crippen LogP contribution is 2.27. The van der Waals surface area contributed by atoms with Gasteiger partial charge >= 0.3 is 0 Å². The van der Waals surface area contributed by atoms with E-state index >= 15 is 0 Å². The van der Waals surface area contributed by atoms with Crippen LogP contribution in [0.25, 0.3) is 0 Å². The topological polar surface area (TPSA) is 38.9 Å². The monoisotopic (exact) mass is 300 g/mol. The third kappa shape index (κ3) is 2.66. The zero-order chi connectivity index (χ0) is 11.5.